The summed E-state index contributed by atoms with van der Waals surface area (Å²) < 4.78 is 6.40. The summed E-state index contributed by atoms with van der Waals surface area (Å²) in [6, 6.07) is 15.8. The number of aromatic nitrogens is 4. The van der Waals surface area contributed by atoms with Gasteiger partial charge in [-0.15, -0.1) is 0 Å². The fourth-order valence-electron chi connectivity index (χ4n) is 6.14. The van der Waals surface area contributed by atoms with Gasteiger partial charge in [-0.1, -0.05) is 30.3 Å². The van der Waals surface area contributed by atoms with Crippen molar-refractivity contribution in [3.8, 4) is 0 Å². The number of benzene rings is 2. The van der Waals surface area contributed by atoms with E-state index in [0.717, 1.165) is 52.8 Å². The van der Waals surface area contributed by atoms with E-state index in [1.54, 1.807) is 0 Å². The highest BCUT2D eigenvalue weighted by Gasteiger charge is 2.29. The first kappa shape index (κ1) is 31.8. The van der Waals surface area contributed by atoms with Crippen LogP contribution in [0, 0.1) is 0 Å². The van der Waals surface area contributed by atoms with E-state index in [4.69, 9.17) is 9.72 Å². The summed E-state index contributed by atoms with van der Waals surface area (Å²) in [5, 5.41) is 19.2. The number of carboxylic acid groups (broad SMARTS) is 1. The molecule has 6 rings (SSSR count). The molecule has 0 bridgehead atoms. The fourth-order valence-corrected chi connectivity index (χ4v) is 6.14. The molecule has 1 fully saturated rings. The zero-order valence-corrected chi connectivity index (χ0v) is 26.8. The van der Waals surface area contributed by atoms with Gasteiger partial charge in [0.25, 0.3) is 0 Å². The Kier molecular flexibility index (Phi) is 8.97. The highest BCUT2D eigenvalue weighted by Crippen LogP contribution is 2.38. The second-order valence-corrected chi connectivity index (χ2v) is 13.1. The summed E-state index contributed by atoms with van der Waals surface area (Å²) in [7, 11) is 0. The van der Waals surface area contributed by atoms with Crippen LogP contribution in [0.25, 0.3) is 11.2 Å². The predicted octanol–water partition coefficient (Wildman–Crippen LogP) is 5.87. The number of aryl methyl sites for hydroxylation is 1. The third-order valence-corrected chi connectivity index (χ3v) is 8.36. The van der Waals surface area contributed by atoms with Gasteiger partial charge in [0.2, 0.25) is 11.9 Å². The van der Waals surface area contributed by atoms with Crippen LogP contribution < -0.4 is 20.9 Å². The van der Waals surface area contributed by atoms with Gasteiger partial charge in [-0.25, -0.2) is 19.1 Å². The molecule has 4 N–H and O–H groups in total. The lowest BCUT2D eigenvalue weighted by atomic mass is 9.91. The molecular formula is C34H40N8O5. The lowest BCUT2D eigenvalue weighted by molar-refractivity contribution is -0.116. The van der Waals surface area contributed by atoms with Gasteiger partial charge in [0.1, 0.15) is 11.9 Å². The summed E-state index contributed by atoms with van der Waals surface area (Å²) in [5.74, 6) is 0.775. The number of nitrogens with one attached hydrogen (secondary N) is 3. The molecule has 246 valence electrons. The molecule has 2 amide bonds. The Morgan fingerprint density at radius 1 is 1.00 bits per heavy atom. The molecular weight excluding hydrogens is 600 g/mol. The van der Waals surface area contributed by atoms with Crippen molar-refractivity contribution in [2.45, 2.75) is 83.4 Å². The average molecular weight is 641 g/mol. The maximum Gasteiger partial charge on any atom is 0.418 e. The van der Waals surface area contributed by atoms with Crippen molar-refractivity contribution in [2.24, 2.45) is 0 Å². The number of rotatable bonds is 8. The first-order valence-corrected chi connectivity index (χ1v) is 16.0. The van der Waals surface area contributed by atoms with Crippen molar-refractivity contribution in [1.82, 2.24) is 24.8 Å². The van der Waals surface area contributed by atoms with E-state index in [2.05, 4.69) is 25.9 Å². The lowest BCUT2D eigenvalue weighted by Crippen LogP contribution is -2.42. The number of nitrogens with zero attached hydrogens (tertiary/aromatic N) is 5. The molecule has 13 nitrogen and oxygen atoms in total. The van der Waals surface area contributed by atoms with Crippen molar-refractivity contribution in [3.05, 3.63) is 66.0 Å². The number of alkyl carbamates (subject to hydrolysis) is 1. The molecule has 4 aromatic rings. The Morgan fingerprint density at radius 2 is 1.74 bits per heavy atom. The molecule has 1 aliphatic heterocycles. The zero-order chi connectivity index (χ0) is 33.1. The van der Waals surface area contributed by atoms with Crippen LogP contribution in [0.4, 0.5) is 32.7 Å². The quantitative estimate of drug-likeness (QED) is 0.183. The van der Waals surface area contributed by atoms with Gasteiger partial charge >= 0.3 is 12.2 Å². The number of ether oxygens (including phenoxy) is 1. The van der Waals surface area contributed by atoms with Crippen LogP contribution in [0.3, 0.4) is 0 Å². The standard InChI is InChI=1S/C34H40N8O5/c1-34(2,3)47-32(44)38-24-12-10-23(11-13-24)37-31-39-29(28-30(40-31)42(20-35-28)33(45)46)41-18-17-22-19-25(14-15-26(22)41)36-27(43)16-9-21-7-5-4-6-8-21/h4-8,14-15,19-20,23-24H,9-13,16-18H2,1-3H3,(H,36,43)(H,38,44)(H,45,46)(H,37,39,40)/t23-,24-. The molecule has 0 atom stereocenters. The topological polar surface area (TPSA) is 164 Å². The summed E-state index contributed by atoms with van der Waals surface area (Å²) in [6.07, 6.45) is 4.44. The van der Waals surface area contributed by atoms with Crippen LogP contribution in [0.2, 0.25) is 0 Å². The molecule has 2 aromatic carbocycles. The maximum absolute atomic E-state index is 12.7. The number of amides is 2. The summed E-state index contributed by atoms with van der Waals surface area (Å²) in [6.45, 7) is 6.11. The van der Waals surface area contributed by atoms with Gasteiger partial charge in [-0.2, -0.15) is 9.97 Å². The minimum atomic E-state index is -1.19. The maximum atomic E-state index is 12.7. The van der Waals surface area contributed by atoms with Crippen molar-refractivity contribution < 1.29 is 24.2 Å². The monoisotopic (exact) mass is 640 g/mol. The molecule has 3 heterocycles. The molecule has 0 unspecified atom stereocenters. The second-order valence-electron chi connectivity index (χ2n) is 13.1. The Morgan fingerprint density at radius 3 is 2.47 bits per heavy atom. The number of hydrogen-bond acceptors (Lipinski definition) is 9. The highest BCUT2D eigenvalue weighted by molar-refractivity contribution is 5.94. The molecule has 2 aliphatic rings. The van der Waals surface area contributed by atoms with E-state index < -0.39 is 17.8 Å². The molecule has 1 aliphatic carbocycles. The number of carbonyl (C=O) groups excluding carboxylic acids is 2. The van der Waals surface area contributed by atoms with Crippen molar-refractivity contribution in [1.29, 1.82) is 0 Å². The van der Waals surface area contributed by atoms with E-state index in [1.807, 2.05) is 74.2 Å². The molecule has 47 heavy (non-hydrogen) atoms. The van der Waals surface area contributed by atoms with Gasteiger partial charge in [-0.05, 0) is 88.6 Å². The summed E-state index contributed by atoms with van der Waals surface area (Å²) in [5.41, 5.74) is 3.82. The Labute approximate surface area is 272 Å². The summed E-state index contributed by atoms with van der Waals surface area (Å²) >= 11 is 0. The van der Waals surface area contributed by atoms with Crippen LogP contribution in [0.1, 0.15) is 64.0 Å². The third kappa shape index (κ3) is 7.62. The molecule has 13 heteroatoms. The van der Waals surface area contributed by atoms with E-state index in [1.165, 1.54) is 6.33 Å². The number of anilines is 4. The Bertz CT molecular complexity index is 1780. The highest BCUT2D eigenvalue weighted by atomic mass is 16.6. The lowest BCUT2D eigenvalue weighted by Gasteiger charge is -2.30. The minimum Gasteiger partial charge on any atom is -0.464 e. The van der Waals surface area contributed by atoms with Gasteiger partial charge < -0.3 is 30.7 Å². The van der Waals surface area contributed by atoms with Crippen molar-refractivity contribution in [3.63, 3.8) is 0 Å². The van der Waals surface area contributed by atoms with E-state index in [0.29, 0.717) is 43.1 Å². The van der Waals surface area contributed by atoms with E-state index >= 15 is 0 Å². The molecule has 0 radical (unpaired) electrons. The second kappa shape index (κ2) is 13.3. The first-order chi connectivity index (χ1) is 22.5. The molecule has 2 aromatic heterocycles. The molecule has 0 spiro atoms. The number of fused-ring (bicyclic) bond motifs is 2. The fraction of sp³-hybridized carbons (Fsp3) is 0.412. The van der Waals surface area contributed by atoms with Gasteiger partial charge in [0.05, 0.1) is 0 Å². The number of carbonyl (C=O) groups is 3. The number of hydrogen-bond donors (Lipinski definition) is 4. The van der Waals surface area contributed by atoms with Crippen LogP contribution in [-0.4, -0.2) is 66.9 Å². The molecule has 1 saturated carbocycles. The number of imidazole rings is 1. The smallest absolute Gasteiger partial charge is 0.418 e. The first-order valence-electron chi connectivity index (χ1n) is 16.0. The SMILES string of the molecule is CC(C)(C)OC(=O)N[C@H]1CC[C@H](Nc2nc(N3CCc4cc(NC(=O)CCc5ccccc5)ccc43)c3ncn(C(=O)O)c3n2)CC1. The largest absolute Gasteiger partial charge is 0.464 e. The molecule has 0 saturated heterocycles. The van der Waals surface area contributed by atoms with Gasteiger partial charge in [-0.3, -0.25) is 4.79 Å². The average Bonchev–Trinajstić information content (AvgIpc) is 3.65. The van der Waals surface area contributed by atoms with Crippen LogP contribution in [0.5, 0.6) is 0 Å². The van der Waals surface area contributed by atoms with Gasteiger partial charge in [0.15, 0.2) is 17.0 Å². The van der Waals surface area contributed by atoms with E-state index in [9.17, 15) is 19.5 Å². The van der Waals surface area contributed by atoms with E-state index in [-0.39, 0.29) is 23.6 Å². The van der Waals surface area contributed by atoms with Crippen LogP contribution >= 0.6 is 0 Å². The van der Waals surface area contributed by atoms with Gasteiger partial charge in [0, 0.05) is 36.4 Å². The summed E-state index contributed by atoms with van der Waals surface area (Å²) in [4.78, 5) is 52.7. The van der Waals surface area contributed by atoms with Crippen LogP contribution in [-0.2, 0) is 22.4 Å². The Hall–Kier alpha value is -5.20. The normalized spacial score (nSPS) is 17.6. The third-order valence-electron chi connectivity index (χ3n) is 8.36. The van der Waals surface area contributed by atoms with Crippen LogP contribution in [0.15, 0.2) is 54.9 Å². The predicted molar refractivity (Wildman–Crippen MR) is 178 cm³/mol. The van der Waals surface area contributed by atoms with Crippen molar-refractivity contribution in [2.75, 3.05) is 22.1 Å². The van der Waals surface area contributed by atoms with Crippen molar-refractivity contribution >= 4 is 52.4 Å². The zero-order valence-electron chi connectivity index (χ0n) is 26.8. The Balaban J connectivity index is 1.16. The minimum absolute atomic E-state index is 0.00920.